The Morgan fingerprint density at radius 2 is 1.92 bits per heavy atom. The Labute approximate surface area is 144 Å². The van der Waals surface area contributed by atoms with Crippen LogP contribution in [0.15, 0.2) is 24.3 Å². The molecule has 0 aliphatic carbocycles. The van der Waals surface area contributed by atoms with E-state index in [1.807, 2.05) is 24.0 Å². The van der Waals surface area contributed by atoms with E-state index in [4.69, 9.17) is 0 Å². The van der Waals surface area contributed by atoms with Crippen molar-refractivity contribution in [3.63, 3.8) is 0 Å². The highest BCUT2D eigenvalue weighted by molar-refractivity contribution is 5.74. The van der Waals surface area contributed by atoms with Crippen LogP contribution in [0.25, 0.3) is 0 Å². The molecule has 2 rings (SSSR count). The number of amides is 2. The van der Waals surface area contributed by atoms with Crippen LogP contribution in [0.3, 0.4) is 0 Å². The lowest BCUT2D eigenvalue weighted by atomic mass is 9.77. The van der Waals surface area contributed by atoms with E-state index in [0.717, 1.165) is 37.7 Å². The summed E-state index contributed by atoms with van der Waals surface area (Å²) in [5, 5.41) is 21.9. The molecule has 0 saturated carbocycles. The molecule has 1 saturated heterocycles. The second kappa shape index (κ2) is 8.38. The van der Waals surface area contributed by atoms with E-state index in [1.54, 1.807) is 12.1 Å². The van der Waals surface area contributed by atoms with Gasteiger partial charge in [0.2, 0.25) is 0 Å². The Bertz CT molecular complexity index is 516. The third kappa shape index (κ3) is 4.87. The summed E-state index contributed by atoms with van der Waals surface area (Å²) in [7, 11) is 0. The zero-order chi connectivity index (χ0) is 17.6. The number of hydrogen-bond acceptors (Lipinski definition) is 3. The van der Waals surface area contributed by atoms with E-state index in [0.29, 0.717) is 13.1 Å². The number of aliphatic hydroxyl groups excluding tert-OH is 1. The number of aryl methyl sites for hydroxylation is 1. The fraction of sp³-hybridized carbons (Fsp3) is 0.632. The lowest BCUT2D eigenvalue weighted by Gasteiger charge is -2.40. The first-order valence-corrected chi connectivity index (χ1v) is 8.92. The molecule has 1 aromatic rings. The zero-order valence-corrected chi connectivity index (χ0v) is 14.8. The Morgan fingerprint density at radius 1 is 1.29 bits per heavy atom. The first-order valence-electron chi connectivity index (χ1n) is 8.92. The number of nitrogens with zero attached hydrogens (tertiary/aromatic N) is 1. The Hall–Kier alpha value is -1.75. The minimum Gasteiger partial charge on any atom is -0.508 e. The minimum absolute atomic E-state index is 0.00125. The predicted molar refractivity (Wildman–Crippen MR) is 95.0 cm³/mol. The van der Waals surface area contributed by atoms with E-state index in [9.17, 15) is 15.0 Å². The van der Waals surface area contributed by atoms with E-state index in [1.165, 1.54) is 0 Å². The fourth-order valence-corrected chi connectivity index (χ4v) is 3.23. The number of phenolic OH excluding ortho intramolecular Hbond substituents is 1. The van der Waals surface area contributed by atoms with Crippen molar-refractivity contribution in [3.8, 4) is 5.75 Å². The van der Waals surface area contributed by atoms with Gasteiger partial charge in [0, 0.05) is 25.7 Å². The van der Waals surface area contributed by atoms with Crippen molar-refractivity contribution in [2.75, 3.05) is 19.7 Å². The standard InChI is InChI=1S/C19H30N2O3/c1-3-19(14-22)10-12-21(13-11-19)18(24)20-15(2)4-5-16-6-8-17(23)9-7-16/h6-9,15,22-23H,3-5,10-14H2,1-2H3,(H,20,24). The van der Waals surface area contributed by atoms with Crippen LogP contribution in [0.2, 0.25) is 0 Å². The first-order chi connectivity index (χ1) is 11.5. The van der Waals surface area contributed by atoms with Crippen LogP contribution in [0.5, 0.6) is 5.75 Å². The van der Waals surface area contributed by atoms with Gasteiger partial charge < -0.3 is 20.4 Å². The molecular weight excluding hydrogens is 304 g/mol. The molecule has 1 heterocycles. The molecule has 0 bridgehead atoms. The number of piperidine rings is 1. The average Bonchev–Trinajstić information content (AvgIpc) is 2.61. The molecule has 1 unspecified atom stereocenters. The van der Waals surface area contributed by atoms with Crippen molar-refractivity contribution in [1.82, 2.24) is 10.2 Å². The zero-order valence-electron chi connectivity index (χ0n) is 14.8. The Kier molecular flexibility index (Phi) is 6.49. The molecule has 5 heteroatoms. The van der Waals surface area contributed by atoms with Crippen molar-refractivity contribution in [3.05, 3.63) is 29.8 Å². The van der Waals surface area contributed by atoms with Gasteiger partial charge in [-0.25, -0.2) is 4.79 Å². The monoisotopic (exact) mass is 334 g/mol. The second-order valence-corrected chi connectivity index (χ2v) is 7.05. The van der Waals surface area contributed by atoms with Gasteiger partial charge in [-0.15, -0.1) is 0 Å². The Balaban J connectivity index is 1.75. The topological polar surface area (TPSA) is 72.8 Å². The summed E-state index contributed by atoms with van der Waals surface area (Å²) in [5.74, 6) is 0.274. The average molecular weight is 334 g/mol. The number of nitrogens with one attached hydrogen (secondary N) is 1. The quantitative estimate of drug-likeness (QED) is 0.749. The van der Waals surface area contributed by atoms with Crippen LogP contribution in [0.4, 0.5) is 4.79 Å². The van der Waals surface area contributed by atoms with Crippen LogP contribution in [0, 0.1) is 5.41 Å². The highest BCUT2D eigenvalue weighted by Gasteiger charge is 2.34. The number of urea groups is 1. The van der Waals surface area contributed by atoms with Crippen molar-refractivity contribution < 1.29 is 15.0 Å². The number of benzene rings is 1. The van der Waals surface area contributed by atoms with Crippen molar-refractivity contribution in [2.45, 2.75) is 52.0 Å². The summed E-state index contributed by atoms with van der Waals surface area (Å²) in [6.45, 7) is 5.77. The van der Waals surface area contributed by atoms with E-state index in [2.05, 4.69) is 12.2 Å². The number of aromatic hydroxyl groups is 1. The number of hydrogen-bond donors (Lipinski definition) is 3. The van der Waals surface area contributed by atoms with Gasteiger partial charge in [-0.05, 0) is 62.1 Å². The lowest BCUT2D eigenvalue weighted by Crippen LogP contribution is -2.50. The number of likely N-dealkylation sites (tertiary alicyclic amines) is 1. The molecule has 3 N–H and O–H groups in total. The minimum atomic E-state index is -0.00384. The molecule has 134 valence electrons. The van der Waals surface area contributed by atoms with E-state index in [-0.39, 0.29) is 29.8 Å². The normalized spacial score (nSPS) is 18.2. The molecule has 0 radical (unpaired) electrons. The smallest absolute Gasteiger partial charge is 0.317 e. The summed E-state index contributed by atoms with van der Waals surface area (Å²) >= 11 is 0. The molecule has 1 aliphatic heterocycles. The number of carbonyl (C=O) groups is 1. The molecule has 1 atom stereocenters. The Morgan fingerprint density at radius 3 is 2.46 bits per heavy atom. The van der Waals surface area contributed by atoms with Gasteiger partial charge in [-0.3, -0.25) is 0 Å². The third-order valence-corrected chi connectivity index (χ3v) is 5.37. The molecular formula is C19H30N2O3. The molecule has 1 aliphatic rings. The summed E-state index contributed by atoms with van der Waals surface area (Å²) in [5.41, 5.74) is 1.16. The van der Waals surface area contributed by atoms with E-state index < -0.39 is 0 Å². The van der Waals surface area contributed by atoms with Crippen LogP contribution >= 0.6 is 0 Å². The lowest BCUT2D eigenvalue weighted by molar-refractivity contribution is 0.0515. The molecule has 2 amide bonds. The van der Waals surface area contributed by atoms with Gasteiger partial charge in [0.15, 0.2) is 0 Å². The maximum atomic E-state index is 12.4. The van der Waals surface area contributed by atoms with Gasteiger partial charge >= 0.3 is 6.03 Å². The summed E-state index contributed by atoms with van der Waals surface area (Å²) in [4.78, 5) is 14.2. The molecule has 0 aromatic heterocycles. The van der Waals surface area contributed by atoms with Gasteiger partial charge in [-0.1, -0.05) is 19.1 Å². The molecule has 0 spiro atoms. The summed E-state index contributed by atoms with van der Waals surface area (Å²) < 4.78 is 0. The van der Waals surface area contributed by atoms with Crippen molar-refractivity contribution >= 4 is 6.03 Å². The summed E-state index contributed by atoms with van der Waals surface area (Å²) in [6.07, 6.45) is 4.43. The SMILES string of the molecule is CCC1(CO)CCN(C(=O)NC(C)CCc2ccc(O)cc2)CC1. The van der Waals surface area contributed by atoms with Crippen LogP contribution in [-0.2, 0) is 6.42 Å². The van der Waals surface area contributed by atoms with Crippen molar-refractivity contribution in [1.29, 1.82) is 0 Å². The van der Waals surface area contributed by atoms with Crippen LogP contribution in [-0.4, -0.2) is 46.9 Å². The second-order valence-electron chi connectivity index (χ2n) is 7.05. The highest BCUT2D eigenvalue weighted by atomic mass is 16.3. The van der Waals surface area contributed by atoms with E-state index >= 15 is 0 Å². The van der Waals surface area contributed by atoms with Gasteiger partial charge in [-0.2, -0.15) is 0 Å². The number of aliphatic hydroxyl groups is 1. The fourth-order valence-electron chi connectivity index (χ4n) is 3.23. The van der Waals surface area contributed by atoms with Crippen molar-refractivity contribution in [2.24, 2.45) is 5.41 Å². The number of phenols is 1. The molecule has 1 fully saturated rings. The van der Waals surface area contributed by atoms with Crippen LogP contribution in [0.1, 0.15) is 45.1 Å². The van der Waals surface area contributed by atoms with Gasteiger partial charge in [0.25, 0.3) is 0 Å². The maximum absolute atomic E-state index is 12.4. The largest absolute Gasteiger partial charge is 0.508 e. The van der Waals surface area contributed by atoms with Gasteiger partial charge in [0.05, 0.1) is 0 Å². The number of rotatable bonds is 6. The first kappa shape index (κ1) is 18.6. The molecule has 1 aromatic carbocycles. The predicted octanol–water partition coefficient (Wildman–Crippen LogP) is 2.91. The number of carbonyl (C=O) groups excluding carboxylic acids is 1. The van der Waals surface area contributed by atoms with Gasteiger partial charge in [0.1, 0.15) is 5.75 Å². The summed E-state index contributed by atoms with van der Waals surface area (Å²) in [6, 6.07) is 7.29. The van der Waals surface area contributed by atoms with Crippen LogP contribution < -0.4 is 5.32 Å². The maximum Gasteiger partial charge on any atom is 0.317 e. The highest BCUT2D eigenvalue weighted by Crippen LogP contribution is 2.34. The molecule has 24 heavy (non-hydrogen) atoms. The third-order valence-electron chi connectivity index (χ3n) is 5.37. The molecule has 5 nitrogen and oxygen atoms in total.